The van der Waals surface area contributed by atoms with Crippen LogP contribution in [0, 0.1) is 12.3 Å². The van der Waals surface area contributed by atoms with Crippen LogP contribution in [0.4, 0.5) is 5.69 Å². The Labute approximate surface area is 148 Å². The highest BCUT2D eigenvalue weighted by Crippen LogP contribution is 2.42. The number of fused-ring (bicyclic) bond motifs is 1. The molecule has 1 amide bonds. The van der Waals surface area contributed by atoms with Crippen molar-refractivity contribution in [3.8, 4) is 12.3 Å². The molecule has 0 bridgehead atoms. The second-order valence-electron chi connectivity index (χ2n) is 5.58. The van der Waals surface area contributed by atoms with Gasteiger partial charge < -0.3 is 5.11 Å². The molecule has 24 heavy (non-hydrogen) atoms. The number of para-hydroxylation sites is 1. The molecule has 0 saturated heterocycles. The lowest BCUT2D eigenvalue weighted by atomic mass is 9.88. The number of amides is 1. The topological polar surface area (TPSA) is 57.6 Å². The van der Waals surface area contributed by atoms with Gasteiger partial charge in [0.2, 0.25) is 0 Å². The lowest BCUT2D eigenvalue weighted by molar-refractivity contribution is -0.135. The molecule has 0 spiro atoms. The number of hydrogen-bond acceptors (Lipinski definition) is 3. The summed E-state index contributed by atoms with van der Waals surface area (Å²) in [5.74, 6) is 1.53. The number of aliphatic hydroxyl groups is 1. The van der Waals surface area contributed by atoms with Gasteiger partial charge in [-0.25, -0.2) is 0 Å². The number of ketones is 1. The fourth-order valence-electron chi connectivity index (χ4n) is 2.92. The molecule has 120 valence electrons. The SMILES string of the molecule is C#CCN1C(=O)[C@](O)(CC(=O)c2cccc(Br)c2)c2ccccc21. The van der Waals surface area contributed by atoms with E-state index in [0.717, 1.165) is 4.47 Å². The van der Waals surface area contributed by atoms with E-state index in [9.17, 15) is 14.7 Å². The summed E-state index contributed by atoms with van der Waals surface area (Å²) < 4.78 is 0.757. The van der Waals surface area contributed by atoms with Crippen LogP contribution in [0.15, 0.2) is 53.0 Å². The van der Waals surface area contributed by atoms with E-state index in [1.807, 2.05) is 0 Å². The van der Waals surface area contributed by atoms with Crippen molar-refractivity contribution in [2.75, 3.05) is 11.4 Å². The van der Waals surface area contributed by atoms with Crippen LogP contribution in [0.1, 0.15) is 22.3 Å². The van der Waals surface area contributed by atoms with Gasteiger partial charge in [0.25, 0.3) is 5.91 Å². The first kappa shape index (κ1) is 16.4. The van der Waals surface area contributed by atoms with Crippen LogP contribution in [0.5, 0.6) is 0 Å². The Kier molecular flexibility index (Phi) is 4.27. The molecule has 2 aromatic carbocycles. The van der Waals surface area contributed by atoms with E-state index in [1.165, 1.54) is 4.90 Å². The molecule has 1 N–H and O–H groups in total. The van der Waals surface area contributed by atoms with Crippen molar-refractivity contribution in [1.29, 1.82) is 0 Å². The summed E-state index contributed by atoms with van der Waals surface area (Å²) in [4.78, 5) is 26.6. The second-order valence-corrected chi connectivity index (χ2v) is 6.50. The zero-order chi connectivity index (χ0) is 17.3. The molecule has 0 aliphatic carbocycles. The number of nitrogens with zero attached hydrogens (tertiary/aromatic N) is 1. The van der Waals surface area contributed by atoms with Crippen molar-refractivity contribution in [2.45, 2.75) is 12.0 Å². The van der Waals surface area contributed by atoms with Crippen molar-refractivity contribution in [3.63, 3.8) is 0 Å². The molecule has 3 rings (SSSR count). The maximum absolute atomic E-state index is 12.7. The van der Waals surface area contributed by atoms with Crippen LogP contribution in [0.25, 0.3) is 0 Å². The van der Waals surface area contributed by atoms with Crippen molar-refractivity contribution in [2.24, 2.45) is 0 Å². The number of terminal acetylenes is 1. The first-order valence-corrected chi connectivity index (χ1v) is 8.13. The maximum atomic E-state index is 12.7. The van der Waals surface area contributed by atoms with E-state index >= 15 is 0 Å². The third-order valence-corrected chi connectivity index (χ3v) is 4.55. The Morgan fingerprint density at radius 3 is 2.71 bits per heavy atom. The summed E-state index contributed by atoms with van der Waals surface area (Å²) in [7, 11) is 0. The van der Waals surface area contributed by atoms with Crippen LogP contribution in [-0.4, -0.2) is 23.3 Å². The van der Waals surface area contributed by atoms with Crippen LogP contribution in [-0.2, 0) is 10.4 Å². The monoisotopic (exact) mass is 383 g/mol. The lowest BCUT2D eigenvalue weighted by Gasteiger charge is -2.21. The maximum Gasteiger partial charge on any atom is 0.265 e. The van der Waals surface area contributed by atoms with Gasteiger partial charge >= 0.3 is 0 Å². The first-order valence-electron chi connectivity index (χ1n) is 7.33. The predicted molar refractivity (Wildman–Crippen MR) is 94.6 cm³/mol. The summed E-state index contributed by atoms with van der Waals surface area (Å²) in [5.41, 5.74) is -0.510. The van der Waals surface area contributed by atoms with Gasteiger partial charge in [-0.15, -0.1) is 6.42 Å². The van der Waals surface area contributed by atoms with Crippen LogP contribution < -0.4 is 4.90 Å². The number of carbonyl (C=O) groups excluding carboxylic acids is 2. The van der Waals surface area contributed by atoms with Crippen molar-refractivity contribution in [3.05, 3.63) is 64.1 Å². The lowest BCUT2D eigenvalue weighted by Crippen LogP contribution is -2.42. The van der Waals surface area contributed by atoms with Crippen molar-refractivity contribution >= 4 is 33.3 Å². The molecule has 4 nitrogen and oxygen atoms in total. The van der Waals surface area contributed by atoms with E-state index in [-0.39, 0.29) is 18.7 Å². The summed E-state index contributed by atoms with van der Waals surface area (Å²) in [5, 5.41) is 11.0. The minimum absolute atomic E-state index is 0.0449. The third-order valence-electron chi connectivity index (χ3n) is 4.05. The zero-order valence-corrected chi connectivity index (χ0v) is 14.3. The minimum atomic E-state index is -1.90. The number of benzene rings is 2. The fraction of sp³-hybridized carbons (Fsp3) is 0.158. The van der Waals surface area contributed by atoms with Crippen molar-refractivity contribution < 1.29 is 14.7 Å². The molecule has 1 atom stereocenters. The standard InChI is InChI=1S/C19H14BrNO3/c1-2-10-21-16-9-4-3-8-15(16)19(24,18(21)23)12-17(22)13-6-5-7-14(20)11-13/h1,3-9,11,24H,10,12H2/t19-/m0/s1. The Morgan fingerprint density at radius 2 is 2.00 bits per heavy atom. The van der Waals surface area contributed by atoms with Crippen LogP contribution >= 0.6 is 15.9 Å². The van der Waals surface area contributed by atoms with Gasteiger partial charge in [-0.05, 0) is 18.2 Å². The van der Waals surface area contributed by atoms with Gasteiger partial charge in [0, 0.05) is 15.6 Å². The quantitative estimate of drug-likeness (QED) is 0.652. The molecular weight excluding hydrogens is 370 g/mol. The molecule has 0 fully saturated rings. The normalized spacial score (nSPS) is 19.0. The van der Waals surface area contributed by atoms with Crippen LogP contribution in [0.2, 0.25) is 0 Å². The number of Topliss-reactive ketones (excluding diaryl/α,β-unsaturated/α-hetero) is 1. The Hall–Kier alpha value is -2.42. The Morgan fingerprint density at radius 1 is 1.25 bits per heavy atom. The molecule has 0 saturated carbocycles. The third kappa shape index (κ3) is 2.64. The summed E-state index contributed by atoms with van der Waals surface area (Å²) in [6.45, 7) is 0.0449. The van der Waals surface area contributed by atoms with E-state index in [1.54, 1.807) is 48.5 Å². The fourth-order valence-corrected chi connectivity index (χ4v) is 3.32. The Balaban J connectivity index is 1.99. The molecular formula is C19H14BrNO3. The molecule has 2 aromatic rings. The highest BCUT2D eigenvalue weighted by atomic mass is 79.9. The average Bonchev–Trinajstić information content (AvgIpc) is 2.78. The summed E-state index contributed by atoms with van der Waals surface area (Å²) in [6.07, 6.45) is 4.99. The van der Waals surface area contributed by atoms with Gasteiger partial charge in [-0.1, -0.05) is 52.2 Å². The van der Waals surface area contributed by atoms with E-state index in [4.69, 9.17) is 6.42 Å². The Bertz CT molecular complexity index is 871. The number of rotatable bonds is 4. The molecule has 5 heteroatoms. The van der Waals surface area contributed by atoms with E-state index < -0.39 is 11.5 Å². The molecule has 0 radical (unpaired) electrons. The predicted octanol–water partition coefficient (Wildman–Crippen LogP) is 2.89. The molecule has 1 aliphatic rings. The number of anilines is 1. The van der Waals surface area contributed by atoms with Crippen molar-refractivity contribution in [1.82, 2.24) is 0 Å². The van der Waals surface area contributed by atoms with E-state index in [2.05, 4.69) is 21.9 Å². The van der Waals surface area contributed by atoms with Gasteiger partial charge in [0.15, 0.2) is 11.4 Å². The van der Waals surface area contributed by atoms with Gasteiger partial charge in [-0.2, -0.15) is 0 Å². The summed E-state index contributed by atoms with van der Waals surface area (Å²) in [6, 6.07) is 13.7. The molecule has 0 unspecified atom stereocenters. The molecule has 1 aliphatic heterocycles. The minimum Gasteiger partial charge on any atom is -0.375 e. The highest BCUT2D eigenvalue weighted by Gasteiger charge is 2.50. The number of hydrogen-bond donors (Lipinski definition) is 1. The largest absolute Gasteiger partial charge is 0.375 e. The highest BCUT2D eigenvalue weighted by molar-refractivity contribution is 9.10. The summed E-state index contributed by atoms with van der Waals surface area (Å²) >= 11 is 3.31. The smallest absolute Gasteiger partial charge is 0.265 e. The van der Waals surface area contributed by atoms with Gasteiger partial charge in [0.05, 0.1) is 18.7 Å². The number of halogens is 1. The van der Waals surface area contributed by atoms with E-state index in [0.29, 0.717) is 16.8 Å². The van der Waals surface area contributed by atoms with Crippen LogP contribution in [0.3, 0.4) is 0 Å². The zero-order valence-electron chi connectivity index (χ0n) is 12.7. The van der Waals surface area contributed by atoms with Gasteiger partial charge in [0.1, 0.15) is 0 Å². The number of carbonyl (C=O) groups is 2. The molecule has 1 heterocycles. The van der Waals surface area contributed by atoms with Gasteiger partial charge in [-0.3, -0.25) is 14.5 Å². The first-order chi connectivity index (χ1) is 11.5. The second kappa shape index (κ2) is 6.23. The average molecular weight is 384 g/mol. The molecule has 0 aromatic heterocycles.